The maximum atomic E-state index is 12.9. The van der Waals surface area contributed by atoms with Crippen molar-refractivity contribution in [1.82, 2.24) is 15.0 Å². The Morgan fingerprint density at radius 3 is 0.900 bits per heavy atom. The molecule has 80 heavy (non-hydrogen) atoms. The second-order valence-corrected chi connectivity index (χ2v) is 16.4. The van der Waals surface area contributed by atoms with Gasteiger partial charge in [0.1, 0.15) is 11.6 Å². The molecule has 8 rings (SSSR count). The molecule has 0 atom stereocenters. The summed E-state index contributed by atoms with van der Waals surface area (Å²) in [5, 5.41) is 25.1. The van der Waals surface area contributed by atoms with Crippen LogP contribution in [-0.4, -0.2) is 65.0 Å². The summed E-state index contributed by atoms with van der Waals surface area (Å²) in [6.07, 6.45) is 8.69. The zero-order valence-electron chi connectivity index (χ0n) is 44.6. The van der Waals surface area contributed by atoms with Crippen molar-refractivity contribution in [2.45, 2.75) is 48.5 Å². The molecule has 0 aliphatic carbocycles. The Kier molecular flexibility index (Phi) is 35.5. The average molecular weight is 1610 g/mol. The van der Waals surface area contributed by atoms with Crippen LogP contribution >= 0.6 is 0 Å². The van der Waals surface area contributed by atoms with Gasteiger partial charge in [-0.2, -0.15) is 0 Å². The topological polar surface area (TPSA) is 202 Å². The van der Waals surface area contributed by atoms with Crippen molar-refractivity contribution >= 4 is 34.7 Å². The van der Waals surface area contributed by atoms with Crippen LogP contribution in [0.2, 0.25) is 0 Å². The van der Waals surface area contributed by atoms with Crippen LogP contribution in [-0.2, 0) is 74.7 Å². The molecular weight excluding hydrogens is 1550 g/mol. The van der Waals surface area contributed by atoms with E-state index in [1.807, 2.05) is 103 Å². The summed E-state index contributed by atoms with van der Waals surface area (Å²) in [6.45, 7) is 10.1. The molecule has 0 unspecified atom stereocenters. The van der Waals surface area contributed by atoms with E-state index < -0.39 is 0 Å². The van der Waals surface area contributed by atoms with Gasteiger partial charge in [0.25, 0.3) is 0 Å². The summed E-state index contributed by atoms with van der Waals surface area (Å²) >= 11 is 0. The number of hydrogen-bond donors (Lipinski definition) is 3. The summed E-state index contributed by atoms with van der Waals surface area (Å²) < 4.78 is 12.9. The number of Topliss-reactive ketones (excluding diaryl/α,β-unsaturated/α-hetero) is 1. The molecule has 3 heterocycles. The van der Waals surface area contributed by atoms with Crippen LogP contribution < -0.4 is 0 Å². The van der Waals surface area contributed by atoms with Gasteiger partial charge in [-0.1, -0.05) is 83.4 Å². The van der Waals surface area contributed by atoms with Crippen LogP contribution in [0, 0.1) is 24.0 Å². The number of nitrogens with zero attached hydrogens (tertiary/aromatic N) is 3. The Balaban J connectivity index is 0.000000987. The van der Waals surface area contributed by atoms with E-state index in [4.69, 9.17) is 15.3 Å². The quantitative estimate of drug-likeness (QED) is 0.0479. The summed E-state index contributed by atoms with van der Waals surface area (Å²) in [7, 11) is 0. The fourth-order valence-corrected chi connectivity index (χ4v) is 6.23. The fourth-order valence-electron chi connectivity index (χ4n) is 6.23. The van der Waals surface area contributed by atoms with Crippen LogP contribution in [0.4, 0.5) is 4.39 Å². The van der Waals surface area contributed by atoms with Gasteiger partial charge in [0, 0.05) is 108 Å². The van der Waals surface area contributed by atoms with Crippen LogP contribution in [0.5, 0.6) is 0 Å². The minimum atomic E-state index is -0.358. The third kappa shape index (κ3) is 28.6. The molecule has 3 N–H and O–H groups in total. The number of carbonyl (C=O) groups is 6. The van der Waals surface area contributed by atoms with Crippen molar-refractivity contribution in [3.05, 3.63) is 270 Å². The minimum absolute atomic E-state index is 0. The Morgan fingerprint density at radius 1 is 0.375 bits per heavy atom. The molecule has 8 aromatic rings. The monoisotopic (exact) mass is 1610 g/mol. The number of rotatable bonds is 11. The fraction of sp³-hybridized carbons (Fsp3) is 0.109. The molecule has 16 heteroatoms. The Hall–Kier alpha value is -7.93. The van der Waals surface area contributed by atoms with Gasteiger partial charge in [0.15, 0.2) is 28.9 Å². The normalized spacial score (nSPS) is 10.1. The summed E-state index contributed by atoms with van der Waals surface area (Å²) in [6, 6.07) is 57.0. The van der Waals surface area contributed by atoms with Crippen molar-refractivity contribution < 1.29 is 109 Å². The molecule has 0 aliphatic rings. The predicted molar refractivity (Wildman–Crippen MR) is 296 cm³/mol. The summed E-state index contributed by atoms with van der Waals surface area (Å²) in [5.41, 5.74) is 8.10. The van der Waals surface area contributed by atoms with Crippen molar-refractivity contribution in [3.63, 3.8) is 0 Å². The van der Waals surface area contributed by atoms with Crippen LogP contribution in [0.3, 0.4) is 0 Å². The van der Waals surface area contributed by atoms with E-state index in [1.165, 1.54) is 84.0 Å². The molecule has 0 amide bonds. The van der Waals surface area contributed by atoms with Crippen LogP contribution in [0.15, 0.2) is 218 Å². The number of halogens is 1. The van der Waals surface area contributed by atoms with Gasteiger partial charge in [-0.15, -0.1) is 89.5 Å². The molecule has 5 aromatic carbocycles. The number of aromatic nitrogens is 3. The molecule has 0 bridgehead atoms. The smallest absolute Gasteiger partial charge is 0.155 e. The maximum Gasteiger partial charge on any atom is 0.155 e. The first-order valence-electron chi connectivity index (χ1n) is 23.6. The Morgan fingerprint density at radius 2 is 0.662 bits per heavy atom. The third-order valence-corrected chi connectivity index (χ3v) is 9.57. The Bertz CT molecular complexity index is 3180. The molecule has 3 radical (unpaired) electrons. The van der Waals surface area contributed by atoms with Gasteiger partial charge < -0.3 is 35.1 Å². The minimum Gasteiger partial charge on any atom is -0.512 e. The first kappa shape index (κ1) is 72.1. The van der Waals surface area contributed by atoms with Gasteiger partial charge in [0.05, 0.1) is 17.3 Å². The molecule has 0 saturated carbocycles. The molecule has 0 fully saturated rings. The molecule has 0 spiro atoms. The number of benzene rings is 5. The van der Waals surface area contributed by atoms with E-state index in [0.717, 1.165) is 33.8 Å². The van der Waals surface area contributed by atoms with Gasteiger partial charge in [-0.05, 0) is 108 Å². The number of carbonyl (C=O) groups excluding carboxylic acids is 6. The van der Waals surface area contributed by atoms with Crippen LogP contribution in [0.25, 0.3) is 33.8 Å². The van der Waals surface area contributed by atoms with Crippen molar-refractivity contribution in [1.29, 1.82) is 0 Å². The second kappa shape index (κ2) is 39.4. The number of hydrogen-bond acceptors (Lipinski definition) is 12. The van der Waals surface area contributed by atoms with E-state index in [0.29, 0.717) is 27.8 Å². The Labute approximate surface area is 506 Å². The average Bonchev–Trinajstić information content (AvgIpc) is 3.42. The van der Waals surface area contributed by atoms with E-state index >= 15 is 0 Å². The van der Waals surface area contributed by atoms with Crippen molar-refractivity contribution in [2.75, 3.05) is 0 Å². The van der Waals surface area contributed by atoms with Gasteiger partial charge >= 0.3 is 0 Å². The van der Waals surface area contributed by atoms with E-state index in [1.54, 1.807) is 61.9 Å². The first-order chi connectivity index (χ1) is 36.7. The zero-order valence-corrected chi connectivity index (χ0v) is 51.7. The first-order valence-corrected chi connectivity index (χ1v) is 23.6. The number of aliphatic hydroxyl groups excluding tert-OH is 3. The third-order valence-electron chi connectivity index (χ3n) is 9.57. The molecule has 12 nitrogen and oxygen atoms in total. The summed E-state index contributed by atoms with van der Waals surface area (Å²) in [4.78, 5) is 78.3. The van der Waals surface area contributed by atoms with E-state index in [9.17, 15) is 33.2 Å². The van der Waals surface area contributed by atoms with Gasteiger partial charge in [-0.25, -0.2) is 4.39 Å². The van der Waals surface area contributed by atoms with Crippen molar-refractivity contribution in [2.24, 2.45) is 0 Å². The maximum absolute atomic E-state index is 12.9. The van der Waals surface area contributed by atoms with Gasteiger partial charge in [0.2, 0.25) is 0 Å². The number of pyridine rings is 3. The van der Waals surface area contributed by atoms with Crippen molar-refractivity contribution in [3.8, 4) is 33.8 Å². The molecular formula is C64H57FIr3N3O9-3. The molecule has 0 saturated heterocycles. The molecule has 419 valence electrons. The molecule has 3 aromatic heterocycles. The second-order valence-electron chi connectivity index (χ2n) is 16.4. The van der Waals surface area contributed by atoms with E-state index in [2.05, 4.69) is 33.2 Å². The number of allylic oxidation sites excluding steroid dienone is 6. The standard InChI is InChI=1S/C18H11FNO.C18H12NO.C13H10NO.3C5H8O2.3Ir/c19-16-10-8-15(9-11-16)18(21)14-6-4-13(5-7-14)17-3-1-2-12-20-17;20-18(15-6-2-1-3-7-15)16-11-9-14(10-12-16)17-8-4-5-13-19-17;1-10(15)11-5-7-12(8-6-11)13-4-2-3-9-14-13;3*1-4(6)3-5(2)7;;;/h1-4,6-12H;1-9,11-13H;2-7,9H,1H3;3*3,6H,1-2H3;;;/q3*-1;;;;;;. The van der Waals surface area contributed by atoms with E-state index in [-0.39, 0.29) is 118 Å². The SMILES string of the molecule is CC(=O)C=C(C)O.CC(=O)C=C(C)O.CC(=O)C=C(C)O.CC(=O)c1c[c-]c(-c2ccccn2)cc1.O=C(c1c[c-]c(-c2ccccn2)cc1)c1ccc(F)cc1.O=C(c1c[c-]c(-c2ccccn2)cc1)c1ccccc1.[Ir].[Ir].[Ir]. The molecule has 0 aliphatic heterocycles. The van der Waals surface area contributed by atoms with Crippen LogP contribution in [0.1, 0.15) is 90.7 Å². The number of aliphatic hydroxyl groups is 3. The number of ketones is 6. The summed E-state index contributed by atoms with van der Waals surface area (Å²) in [5.74, 6) is -0.636. The van der Waals surface area contributed by atoms with Gasteiger partial charge in [-0.3, -0.25) is 24.0 Å². The largest absolute Gasteiger partial charge is 0.512 e. The zero-order chi connectivity index (χ0) is 56.7. The predicted octanol–water partition coefficient (Wildman–Crippen LogP) is 13.6.